The number of likely N-dealkylation sites (tertiary alicyclic amines) is 1. The molecule has 4 saturated carbocycles. The molecule has 5 aliphatic rings. The standard InChI is InChI=1S/C30H50N2O4/c1-18(4-7-26(35)32-14-10-19(11-15-32)28(31)36)22-5-6-23-27-24(9-13-30(22,23)3)29(2)12-8-21(33)16-20(29)17-25(27)34/h18-25,27,33-34H,4-17H2,1-3H3,(H2,31,36)/t18-,20+,21-,22-,23+,24+,25+,27+,29+,30-/m1/s1. The number of nitrogens with two attached hydrogens (primary N) is 1. The third-order valence-corrected chi connectivity index (χ3v) is 12.5. The first-order chi connectivity index (χ1) is 17.0. The van der Waals surface area contributed by atoms with Gasteiger partial charge in [0.05, 0.1) is 12.2 Å². The SMILES string of the molecule is C[C@H](CCC(=O)N1CCC(C(N)=O)CC1)[C@H]1CC[C@H]2[C@@H]3[C@@H](O)C[C@@H]4C[C@H](O)CC[C@]4(C)[C@H]3CC[C@]12C. The maximum absolute atomic E-state index is 12.9. The van der Waals surface area contributed by atoms with E-state index < -0.39 is 0 Å². The molecule has 2 amide bonds. The molecule has 5 fully saturated rings. The monoisotopic (exact) mass is 502 g/mol. The summed E-state index contributed by atoms with van der Waals surface area (Å²) < 4.78 is 0. The van der Waals surface area contributed by atoms with Crippen LogP contribution in [0.3, 0.4) is 0 Å². The average Bonchev–Trinajstić information content (AvgIpc) is 3.20. The predicted molar refractivity (Wildman–Crippen MR) is 140 cm³/mol. The van der Waals surface area contributed by atoms with Crippen molar-refractivity contribution in [2.45, 2.75) is 110 Å². The number of nitrogens with zero attached hydrogens (tertiary/aromatic N) is 1. The van der Waals surface area contributed by atoms with Gasteiger partial charge >= 0.3 is 0 Å². The second-order valence-corrected chi connectivity index (χ2v) is 14.0. The fraction of sp³-hybridized carbons (Fsp3) is 0.933. The topological polar surface area (TPSA) is 104 Å². The lowest BCUT2D eigenvalue weighted by molar-refractivity contribution is -0.174. The van der Waals surface area contributed by atoms with Crippen LogP contribution in [0.4, 0.5) is 0 Å². The van der Waals surface area contributed by atoms with E-state index in [4.69, 9.17) is 5.73 Å². The molecule has 204 valence electrons. The molecule has 0 radical (unpaired) electrons. The van der Waals surface area contributed by atoms with Gasteiger partial charge in [0.25, 0.3) is 0 Å². The fourth-order valence-electron chi connectivity index (χ4n) is 10.3. The fourth-order valence-corrected chi connectivity index (χ4v) is 10.3. The maximum Gasteiger partial charge on any atom is 0.222 e. The van der Waals surface area contributed by atoms with Crippen LogP contribution in [0.25, 0.3) is 0 Å². The molecule has 5 rings (SSSR count). The van der Waals surface area contributed by atoms with Gasteiger partial charge in [0, 0.05) is 25.4 Å². The summed E-state index contributed by atoms with van der Waals surface area (Å²) in [5.41, 5.74) is 5.97. The van der Waals surface area contributed by atoms with Crippen LogP contribution in [-0.4, -0.2) is 52.2 Å². The van der Waals surface area contributed by atoms with Gasteiger partial charge in [-0.1, -0.05) is 20.8 Å². The second-order valence-electron chi connectivity index (χ2n) is 14.0. The first-order valence-corrected chi connectivity index (χ1v) is 15.0. The van der Waals surface area contributed by atoms with Crippen molar-refractivity contribution in [1.82, 2.24) is 4.90 Å². The number of primary amides is 1. The van der Waals surface area contributed by atoms with E-state index >= 15 is 0 Å². The number of rotatable bonds is 5. The summed E-state index contributed by atoms with van der Waals surface area (Å²) in [6, 6.07) is 0. The van der Waals surface area contributed by atoms with E-state index in [9.17, 15) is 19.8 Å². The van der Waals surface area contributed by atoms with Gasteiger partial charge in [-0.05, 0) is 117 Å². The second kappa shape index (κ2) is 9.87. The Morgan fingerprint density at radius 3 is 2.31 bits per heavy atom. The number of aliphatic hydroxyl groups excluding tert-OH is 2. The van der Waals surface area contributed by atoms with Crippen molar-refractivity contribution in [2.24, 2.45) is 58.0 Å². The third-order valence-electron chi connectivity index (χ3n) is 12.5. The maximum atomic E-state index is 12.9. The Bertz CT molecular complexity index is 841. The van der Waals surface area contributed by atoms with Crippen molar-refractivity contribution < 1.29 is 19.8 Å². The quantitative estimate of drug-likeness (QED) is 0.526. The molecule has 1 heterocycles. The van der Waals surface area contributed by atoms with Crippen LogP contribution < -0.4 is 5.73 Å². The van der Waals surface area contributed by atoms with E-state index in [1.165, 1.54) is 25.7 Å². The molecule has 1 saturated heterocycles. The van der Waals surface area contributed by atoms with Crippen LogP contribution in [0.2, 0.25) is 0 Å². The molecule has 0 aromatic rings. The molecule has 0 unspecified atom stereocenters. The van der Waals surface area contributed by atoms with Gasteiger partial charge in [-0.3, -0.25) is 9.59 Å². The zero-order valence-electron chi connectivity index (χ0n) is 22.8. The summed E-state index contributed by atoms with van der Waals surface area (Å²) in [6.07, 6.45) is 11.1. The average molecular weight is 503 g/mol. The molecule has 1 aliphatic heterocycles. The number of hydrogen-bond donors (Lipinski definition) is 3. The van der Waals surface area contributed by atoms with Crippen LogP contribution in [0.15, 0.2) is 0 Å². The predicted octanol–water partition coefficient (Wildman–Crippen LogP) is 4.12. The Morgan fingerprint density at radius 1 is 0.944 bits per heavy atom. The number of piperidine rings is 1. The Balaban J connectivity index is 1.21. The van der Waals surface area contributed by atoms with E-state index in [-0.39, 0.29) is 40.8 Å². The molecule has 6 heteroatoms. The lowest BCUT2D eigenvalue weighted by Crippen LogP contribution is -2.58. The minimum atomic E-state index is -0.234. The Hall–Kier alpha value is -1.14. The van der Waals surface area contributed by atoms with Crippen molar-refractivity contribution in [3.63, 3.8) is 0 Å². The summed E-state index contributed by atoms with van der Waals surface area (Å²) in [4.78, 5) is 26.3. The number of carbonyl (C=O) groups excluding carboxylic acids is 2. The lowest BCUT2D eigenvalue weighted by atomic mass is 9.43. The van der Waals surface area contributed by atoms with Gasteiger partial charge in [-0.25, -0.2) is 0 Å². The van der Waals surface area contributed by atoms with E-state index in [1.807, 2.05) is 4.90 Å². The summed E-state index contributed by atoms with van der Waals surface area (Å²) in [6.45, 7) is 8.64. The van der Waals surface area contributed by atoms with Crippen LogP contribution >= 0.6 is 0 Å². The number of fused-ring (bicyclic) bond motifs is 5. The Morgan fingerprint density at radius 2 is 1.61 bits per heavy atom. The van der Waals surface area contributed by atoms with Crippen LogP contribution in [-0.2, 0) is 9.59 Å². The first-order valence-electron chi connectivity index (χ1n) is 15.0. The minimum Gasteiger partial charge on any atom is -0.393 e. The summed E-state index contributed by atoms with van der Waals surface area (Å²) >= 11 is 0. The van der Waals surface area contributed by atoms with Gasteiger partial charge < -0.3 is 20.8 Å². The summed E-state index contributed by atoms with van der Waals surface area (Å²) in [7, 11) is 0. The van der Waals surface area contributed by atoms with Crippen molar-refractivity contribution in [3.05, 3.63) is 0 Å². The normalized spacial score (nSPS) is 45.9. The summed E-state index contributed by atoms with van der Waals surface area (Å²) in [5, 5.41) is 21.8. The highest BCUT2D eigenvalue weighted by atomic mass is 16.3. The molecule has 0 spiro atoms. The highest BCUT2D eigenvalue weighted by Crippen LogP contribution is 2.68. The van der Waals surface area contributed by atoms with Gasteiger partial charge in [-0.2, -0.15) is 0 Å². The molecular formula is C30H50N2O4. The van der Waals surface area contributed by atoms with Crippen LogP contribution in [0.5, 0.6) is 0 Å². The molecule has 4 N–H and O–H groups in total. The van der Waals surface area contributed by atoms with E-state index in [0.717, 1.165) is 32.1 Å². The molecule has 10 atom stereocenters. The number of amides is 2. The van der Waals surface area contributed by atoms with Crippen molar-refractivity contribution >= 4 is 11.8 Å². The third kappa shape index (κ3) is 4.42. The molecule has 6 nitrogen and oxygen atoms in total. The van der Waals surface area contributed by atoms with Crippen molar-refractivity contribution in [1.29, 1.82) is 0 Å². The van der Waals surface area contributed by atoms with Gasteiger partial charge in [0.2, 0.25) is 11.8 Å². The minimum absolute atomic E-state index is 0.0789. The zero-order valence-corrected chi connectivity index (χ0v) is 22.8. The molecule has 0 bridgehead atoms. The first kappa shape index (κ1) is 26.5. The van der Waals surface area contributed by atoms with E-state index in [2.05, 4.69) is 20.8 Å². The van der Waals surface area contributed by atoms with Crippen LogP contribution in [0, 0.1) is 52.3 Å². The number of carbonyl (C=O) groups is 2. The van der Waals surface area contributed by atoms with Gasteiger partial charge in [0.15, 0.2) is 0 Å². The Labute approximate surface area is 217 Å². The number of aliphatic hydroxyl groups is 2. The summed E-state index contributed by atoms with van der Waals surface area (Å²) in [5.74, 6) is 3.04. The largest absolute Gasteiger partial charge is 0.393 e. The smallest absolute Gasteiger partial charge is 0.222 e. The van der Waals surface area contributed by atoms with E-state index in [1.54, 1.807) is 0 Å². The lowest BCUT2D eigenvalue weighted by Gasteiger charge is -2.62. The molecule has 36 heavy (non-hydrogen) atoms. The molecule has 0 aromatic heterocycles. The highest BCUT2D eigenvalue weighted by Gasteiger charge is 2.62. The zero-order chi connectivity index (χ0) is 25.8. The van der Waals surface area contributed by atoms with Gasteiger partial charge in [-0.15, -0.1) is 0 Å². The van der Waals surface area contributed by atoms with Crippen molar-refractivity contribution in [2.75, 3.05) is 13.1 Å². The molecular weight excluding hydrogens is 452 g/mol. The van der Waals surface area contributed by atoms with Gasteiger partial charge in [0.1, 0.15) is 0 Å². The van der Waals surface area contributed by atoms with Crippen LogP contribution in [0.1, 0.15) is 97.8 Å². The molecule has 0 aromatic carbocycles. The number of hydrogen-bond acceptors (Lipinski definition) is 4. The van der Waals surface area contributed by atoms with E-state index in [0.29, 0.717) is 67.9 Å². The molecule has 4 aliphatic carbocycles. The Kier molecular flexibility index (Phi) is 7.26. The highest BCUT2D eigenvalue weighted by molar-refractivity contribution is 5.78. The van der Waals surface area contributed by atoms with Crippen molar-refractivity contribution in [3.8, 4) is 0 Å².